The molecular weight excluding hydrogens is 289 g/mol. The molecule has 114 valence electrons. The van der Waals surface area contributed by atoms with Crippen molar-refractivity contribution in [2.45, 2.75) is 13.0 Å². The van der Waals surface area contributed by atoms with Crippen molar-refractivity contribution in [1.82, 2.24) is 9.78 Å². The average molecular weight is 303 g/mol. The number of aryl methyl sites for hydroxylation is 1. The van der Waals surface area contributed by atoms with Gasteiger partial charge in [0.1, 0.15) is 11.4 Å². The minimum absolute atomic E-state index is 0.0496. The Bertz CT molecular complexity index is 707. The summed E-state index contributed by atoms with van der Waals surface area (Å²) in [7, 11) is 1.38. The number of nitrogens with one attached hydrogen (secondary N) is 2. The highest BCUT2D eigenvalue weighted by Crippen LogP contribution is 2.26. The number of ether oxygens (including phenoxy) is 1. The standard InChI is InChI=1S/C14H14FN5O2/c1-22-11-5-2-4-10(15)13(11)18-14(21)17-12-6-9-20(19-12)8-3-7-16/h2,4-6,9H,3,8H2,1H3,(H2,17,18,19,21). The maximum atomic E-state index is 13.7. The molecule has 0 saturated heterocycles. The van der Waals surface area contributed by atoms with Crippen molar-refractivity contribution in [1.29, 1.82) is 5.26 Å². The maximum Gasteiger partial charge on any atom is 0.325 e. The maximum absolute atomic E-state index is 13.7. The average Bonchev–Trinajstić information content (AvgIpc) is 2.94. The lowest BCUT2D eigenvalue weighted by Gasteiger charge is -2.10. The number of carbonyl (C=O) groups excluding carboxylic acids is 1. The largest absolute Gasteiger partial charge is 0.494 e. The molecule has 0 bridgehead atoms. The molecule has 1 heterocycles. The van der Waals surface area contributed by atoms with Crippen LogP contribution in [0.3, 0.4) is 0 Å². The third-order valence-electron chi connectivity index (χ3n) is 2.77. The number of carbonyl (C=O) groups is 1. The summed E-state index contributed by atoms with van der Waals surface area (Å²) in [6.45, 7) is 0.431. The zero-order chi connectivity index (χ0) is 15.9. The summed E-state index contributed by atoms with van der Waals surface area (Å²) >= 11 is 0. The van der Waals surface area contributed by atoms with Crippen LogP contribution in [0.15, 0.2) is 30.5 Å². The van der Waals surface area contributed by atoms with E-state index >= 15 is 0 Å². The van der Waals surface area contributed by atoms with Gasteiger partial charge in [-0.1, -0.05) is 6.07 Å². The molecule has 0 aliphatic rings. The van der Waals surface area contributed by atoms with Crippen LogP contribution in [0.1, 0.15) is 6.42 Å². The van der Waals surface area contributed by atoms with Gasteiger partial charge in [-0.25, -0.2) is 9.18 Å². The van der Waals surface area contributed by atoms with Gasteiger partial charge in [0, 0.05) is 12.3 Å². The van der Waals surface area contributed by atoms with Crippen molar-refractivity contribution in [3.05, 3.63) is 36.3 Å². The minimum Gasteiger partial charge on any atom is -0.494 e. The van der Waals surface area contributed by atoms with E-state index < -0.39 is 11.8 Å². The summed E-state index contributed by atoms with van der Waals surface area (Å²) in [5, 5.41) is 17.4. The number of rotatable bonds is 5. The van der Waals surface area contributed by atoms with Crippen molar-refractivity contribution in [3.63, 3.8) is 0 Å². The summed E-state index contributed by atoms with van der Waals surface area (Å²) in [5.74, 6) is -0.0884. The highest BCUT2D eigenvalue weighted by atomic mass is 19.1. The SMILES string of the molecule is COc1cccc(F)c1NC(=O)Nc1ccn(CCC#N)n1. The predicted molar refractivity (Wildman–Crippen MR) is 78.1 cm³/mol. The van der Waals surface area contributed by atoms with E-state index in [9.17, 15) is 9.18 Å². The third-order valence-corrected chi connectivity index (χ3v) is 2.77. The monoisotopic (exact) mass is 303 g/mol. The Morgan fingerprint density at radius 3 is 3.00 bits per heavy atom. The van der Waals surface area contributed by atoms with Gasteiger partial charge in [-0.15, -0.1) is 0 Å². The van der Waals surface area contributed by atoms with Gasteiger partial charge < -0.3 is 10.1 Å². The molecule has 22 heavy (non-hydrogen) atoms. The second-order valence-electron chi connectivity index (χ2n) is 4.27. The summed E-state index contributed by atoms with van der Waals surface area (Å²) < 4.78 is 20.2. The normalized spacial score (nSPS) is 9.86. The van der Waals surface area contributed by atoms with E-state index in [0.29, 0.717) is 18.8 Å². The Balaban J connectivity index is 2.02. The van der Waals surface area contributed by atoms with Crippen LogP contribution in [0.2, 0.25) is 0 Å². The van der Waals surface area contributed by atoms with Crippen LogP contribution >= 0.6 is 0 Å². The third kappa shape index (κ3) is 3.73. The Kier molecular flexibility index (Phi) is 4.93. The Morgan fingerprint density at radius 2 is 2.27 bits per heavy atom. The number of amides is 2. The molecule has 0 aliphatic carbocycles. The number of benzene rings is 1. The van der Waals surface area contributed by atoms with Gasteiger partial charge in [0.05, 0.1) is 26.1 Å². The summed E-state index contributed by atoms with van der Waals surface area (Å²) in [5.41, 5.74) is -0.0496. The van der Waals surface area contributed by atoms with E-state index in [4.69, 9.17) is 10.00 Å². The lowest BCUT2D eigenvalue weighted by atomic mass is 10.3. The molecule has 0 fully saturated rings. The topological polar surface area (TPSA) is 92.0 Å². The predicted octanol–water partition coefficient (Wildman–Crippen LogP) is 2.59. The van der Waals surface area contributed by atoms with Crippen LogP contribution in [-0.2, 0) is 6.54 Å². The fourth-order valence-corrected chi connectivity index (χ4v) is 1.77. The Morgan fingerprint density at radius 1 is 1.45 bits per heavy atom. The van der Waals surface area contributed by atoms with E-state index in [1.807, 2.05) is 6.07 Å². The number of para-hydroxylation sites is 1. The first-order chi connectivity index (χ1) is 10.6. The molecule has 2 aromatic rings. The number of methoxy groups -OCH3 is 1. The van der Waals surface area contributed by atoms with Gasteiger partial charge in [0.25, 0.3) is 0 Å². The lowest BCUT2D eigenvalue weighted by molar-refractivity contribution is 0.261. The number of hydrogen-bond donors (Lipinski definition) is 2. The highest BCUT2D eigenvalue weighted by molar-refractivity contribution is 6.00. The zero-order valence-electron chi connectivity index (χ0n) is 11.8. The molecule has 2 amide bonds. The Labute approximate surface area is 126 Å². The molecule has 2 rings (SSSR count). The first-order valence-electron chi connectivity index (χ1n) is 6.45. The van der Waals surface area contributed by atoms with Crippen molar-refractivity contribution in [2.75, 3.05) is 17.7 Å². The Hall–Kier alpha value is -3.08. The second-order valence-corrected chi connectivity index (χ2v) is 4.27. The zero-order valence-corrected chi connectivity index (χ0v) is 11.8. The number of nitriles is 1. The van der Waals surface area contributed by atoms with Crippen LogP contribution < -0.4 is 15.4 Å². The number of halogens is 1. The molecule has 0 radical (unpaired) electrons. The quantitative estimate of drug-likeness (QED) is 0.888. The van der Waals surface area contributed by atoms with Gasteiger partial charge >= 0.3 is 6.03 Å². The van der Waals surface area contributed by atoms with E-state index in [0.717, 1.165) is 0 Å². The number of anilines is 2. The number of nitrogens with zero attached hydrogens (tertiary/aromatic N) is 3. The van der Waals surface area contributed by atoms with Crippen LogP contribution in [0.4, 0.5) is 20.7 Å². The number of urea groups is 1. The molecule has 0 aliphatic heterocycles. The molecule has 2 N–H and O–H groups in total. The molecular formula is C14H14FN5O2. The fraction of sp³-hybridized carbons (Fsp3) is 0.214. The van der Waals surface area contributed by atoms with Crippen LogP contribution in [0.5, 0.6) is 5.75 Å². The molecule has 1 aromatic carbocycles. The molecule has 0 unspecified atom stereocenters. The summed E-state index contributed by atoms with van der Waals surface area (Å²) in [6.07, 6.45) is 1.95. The van der Waals surface area contributed by atoms with Crippen LogP contribution in [0, 0.1) is 17.1 Å². The molecule has 8 heteroatoms. The molecule has 7 nitrogen and oxygen atoms in total. The second kappa shape index (κ2) is 7.08. The van der Waals surface area contributed by atoms with Crippen molar-refractivity contribution < 1.29 is 13.9 Å². The molecule has 0 spiro atoms. The molecule has 0 atom stereocenters. The van der Waals surface area contributed by atoms with Crippen molar-refractivity contribution >= 4 is 17.5 Å². The van der Waals surface area contributed by atoms with Crippen molar-refractivity contribution in [2.24, 2.45) is 0 Å². The van der Waals surface area contributed by atoms with Crippen molar-refractivity contribution in [3.8, 4) is 11.8 Å². The van der Waals surface area contributed by atoms with E-state index in [2.05, 4.69) is 15.7 Å². The van der Waals surface area contributed by atoms with Crippen LogP contribution in [-0.4, -0.2) is 22.9 Å². The number of aromatic nitrogens is 2. The van der Waals surface area contributed by atoms with Gasteiger partial charge in [-0.05, 0) is 12.1 Å². The first kappa shape index (κ1) is 15.3. The molecule has 1 aromatic heterocycles. The smallest absolute Gasteiger partial charge is 0.325 e. The lowest BCUT2D eigenvalue weighted by Crippen LogP contribution is -2.21. The van der Waals surface area contributed by atoms with Crippen LogP contribution in [0.25, 0.3) is 0 Å². The van der Waals surface area contributed by atoms with E-state index in [-0.39, 0.29) is 11.4 Å². The highest BCUT2D eigenvalue weighted by Gasteiger charge is 2.13. The first-order valence-corrected chi connectivity index (χ1v) is 6.45. The number of hydrogen-bond acceptors (Lipinski definition) is 4. The van der Waals surface area contributed by atoms with Gasteiger partial charge in [-0.2, -0.15) is 10.4 Å². The van der Waals surface area contributed by atoms with E-state index in [1.165, 1.54) is 30.0 Å². The molecule has 0 saturated carbocycles. The minimum atomic E-state index is -0.645. The fourth-order valence-electron chi connectivity index (χ4n) is 1.77. The van der Waals surface area contributed by atoms with Gasteiger partial charge in [0.15, 0.2) is 11.6 Å². The summed E-state index contributed by atoms with van der Waals surface area (Å²) in [4.78, 5) is 11.9. The van der Waals surface area contributed by atoms with Gasteiger partial charge in [-0.3, -0.25) is 10.00 Å². The summed E-state index contributed by atoms with van der Waals surface area (Å²) in [6, 6.07) is 7.17. The van der Waals surface area contributed by atoms with E-state index in [1.54, 1.807) is 12.3 Å². The van der Waals surface area contributed by atoms with Gasteiger partial charge in [0.2, 0.25) is 0 Å².